The van der Waals surface area contributed by atoms with Crippen molar-refractivity contribution in [1.29, 1.82) is 0 Å². The largest absolute Gasteiger partial charge is 0.397 e. The Hall–Kier alpha value is -1.02. The van der Waals surface area contributed by atoms with E-state index in [2.05, 4.69) is 14.8 Å². The van der Waals surface area contributed by atoms with Crippen molar-refractivity contribution in [2.45, 2.75) is 32.9 Å². The lowest BCUT2D eigenvalue weighted by Crippen LogP contribution is -2.36. The fraction of sp³-hybridized carbons (Fsp3) is 0.417. The highest BCUT2D eigenvalue weighted by Crippen LogP contribution is 2.19. The van der Waals surface area contributed by atoms with E-state index >= 15 is 0 Å². The van der Waals surface area contributed by atoms with Crippen LogP contribution in [0.1, 0.15) is 18.4 Å². The van der Waals surface area contributed by atoms with E-state index in [0.29, 0.717) is 13.0 Å². The van der Waals surface area contributed by atoms with Crippen LogP contribution in [0.25, 0.3) is 10.2 Å². The predicted octanol–water partition coefficient (Wildman–Crippen LogP) is 2.10. The minimum atomic E-state index is -4.37. The van der Waals surface area contributed by atoms with Gasteiger partial charge < -0.3 is 0 Å². The number of nitrogens with zero attached hydrogens (tertiary/aromatic N) is 1. The third-order valence-corrected chi connectivity index (χ3v) is 4.49. The number of fused-ring (bicyclic) bond motifs is 1. The van der Waals surface area contributed by atoms with Crippen molar-refractivity contribution in [2.24, 2.45) is 0 Å². The van der Waals surface area contributed by atoms with Gasteiger partial charge in [0, 0.05) is 19.4 Å². The van der Waals surface area contributed by atoms with Crippen molar-refractivity contribution in [3.63, 3.8) is 0 Å². The summed E-state index contributed by atoms with van der Waals surface area (Å²) in [6.45, 7) is 4.30. The van der Waals surface area contributed by atoms with Gasteiger partial charge in [0.25, 0.3) is 0 Å². The highest BCUT2D eigenvalue weighted by molar-refractivity contribution is 7.80. The van der Waals surface area contributed by atoms with Crippen molar-refractivity contribution in [3.8, 4) is 0 Å². The first-order valence-corrected chi connectivity index (χ1v) is 8.08. The molecule has 0 aliphatic carbocycles. The van der Waals surface area contributed by atoms with Crippen LogP contribution in [0, 0.1) is 6.92 Å². The van der Waals surface area contributed by atoms with Gasteiger partial charge in [0.05, 0.1) is 6.10 Å². The minimum absolute atomic E-state index is 0.506. The molecule has 0 amide bonds. The van der Waals surface area contributed by atoms with Crippen LogP contribution in [0.15, 0.2) is 24.3 Å². The molecule has 19 heavy (non-hydrogen) atoms. The molecule has 0 radical (unpaired) electrons. The summed E-state index contributed by atoms with van der Waals surface area (Å²) in [5.74, 6) is 0. The Labute approximate surface area is 116 Å². The van der Waals surface area contributed by atoms with E-state index in [1.165, 1.54) is 4.70 Å². The van der Waals surface area contributed by atoms with Crippen molar-refractivity contribution in [2.75, 3.05) is 0 Å². The third-order valence-electron chi connectivity index (χ3n) is 2.84. The van der Waals surface area contributed by atoms with Crippen molar-refractivity contribution >= 4 is 32.0 Å². The Kier molecular flexibility index (Phi) is 4.19. The smallest absolute Gasteiger partial charge is 0.264 e. The van der Waals surface area contributed by atoms with Crippen molar-refractivity contribution < 1.29 is 21.7 Å². The number of aromatic nitrogens is 1. The van der Waals surface area contributed by atoms with E-state index in [1.807, 2.05) is 25.1 Å². The summed E-state index contributed by atoms with van der Waals surface area (Å²) in [7, 11) is -4.37. The maximum Gasteiger partial charge on any atom is 0.397 e. The maximum atomic E-state index is 10.6. The number of hydrogen-bond donors (Lipinski definition) is 1. The molecule has 104 valence electrons. The van der Waals surface area contributed by atoms with Crippen LogP contribution in [-0.4, -0.2) is 19.1 Å². The van der Waals surface area contributed by atoms with Gasteiger partial charge in [0.15, 0.2) is 6.54 Å². The first-order chi connectivity index (χ1) is 8.87. The van der Waals surface area contributed by atoms with Crippen LogP contribution in [-0.2, 0) is 21.1 Å². The minimum Gasteiger partial charge on any atom is -0.264 e. The number of para-hydroxylation sites is 1. The zero-order valence-electron chi connectivity index (χ0n) is 10.7. The van der Waals surface area contributed by atoms with Gasteiger partial charge in [0.1, 0.15) is 4.70 Å². The highest BCUT2D eigenvalue weighted by Gasteiger charge is 2.19. The molecule has 0 saturated carbocycles. The summed E-state index contributed by atoms with van der Waals surface area (Å²) in [5, 5.41) is 1.15. The lowest BCUT2D eigenvalue weighted by Gasteiger charge is -2.07. The molecule has 7 heteroatoms. The Morgan fingerprint density at radius 3 is 2.79 bits per heavy atom. The van der Waals surface area contributed by atoms with Crippen molar-refractivity contribution in [3.05, 3.63) is 29.3 Å². The van der Waals surface area contributed by atoms with Gasteiger partial charge in [-0.2, -0.15) is 13.0 Å². The first-order valence-electron chi connectivity index (χ1n) is 5.90. The number of aryl methyl sites for hydroxylation is 2. The number of benzene rings is 1. The summed E-state index contributed by atoms with van der Waals surface area (Å²) in [4.78, 5) is 0. The molecule has 0 saturated heterocycles. The van der Waals surface area contributed by atoms with Crippen LogP contribution in [0.5, 0.6) is 0 Å². The molecule has 1 N–H and O–H groups in total. The Bertz CT molecular complexity index is 678. The fourth-order valence-electron chi connectivity index (χ4n) is 1.99. The molecular weight excluding hydrogens is 286 g/mol. The van der Waals surface area contributed by atoms with E-state index in [1.54, 1.807) is 18.3 Å². The SMILES string of the molecule is Cc1sc2ccccc2[n+]1CCC(C)OS(=O)(=O)O. The predicted molar refractivity (Wildman–Crippen MR) is 73.5 cm³/mol. The van der Waals surface area contributed by atoms with E-state index in [4.69, 9.17) is 4.55 Å². The first kappa shape index (κ1) is 14.4. The summed E-state index contributed by atoms with van der Waals surface area (Å²) in [5.41, 5.74) is 1.13. The van der Waals surface area contributed by atoms with E-state index in [-0.39, 0.29) is 0 Å². The van der Waals surface area contributed by atoms with Gasteiger partial charge >= 0.3 is 10.4 Å². The second kappa shape index (κ2) is 5.54. The maximum absolute atomic E-state index is 10.6. The van der Waals surface area contributed by atoms with Crippen molar-refractivity contribution in [1.82, 2.24) is 0 Å². The molecule has 1 unspecified atom stereocenters. The molecule has 0 aliphatic heterocycles. The molecule has 2 aromatic rings. The molecule has 1 aromatic heterocycles. The molecule has 0 bridgehead atoms. The van der Waals surface area contributed by atoms with Gasteiger partial charge in [-0.3, -0.25) is 4.55 Å². The monoisotopic (exact) mass is 302 g/mol. The van der Waals surface area contributed by atoms with Gasteiger partial charge in [-0.25, -0.2) is 4.18 Å². The Morgan fingerprint density at radius 1 is 1.42 bits per heavy atom. The van der Waals surface area contributed by atoms with E-state index < -0.39 is 16.5 Å². The fourth-order valence-corrected chi connectivity index (χ4v) is 3.55. The molecule has 0 aliphatic rings. The number of hydrogen-bond acceptors (Lipinski definition) is 4. The van der Waals surface area contributed by atoms with Crippen LogP contribution in [0.2, 0.25) is 0 Å². The number of thiazole rings is 1. The molecule has 1 heterocycles. The highest BCUT2D eigenvalue weighted by atomic mass is 32.3. The zero-order chi connectivity index (χ0) is 14.0. The molecule has 1 atom stereocenters. The normalized spacial score (nSPS) is 13.8. The van der Waals surface area contributed by atoms with Crippen LogP contribution >= 0.6 is 11.3 Å². The molecular formula is C12H16NO4S2+. The lowest BCUT2D eigenvalue weighted by molar-refractivity contribution is -0.674. The summed E-state index contributed by atoms with van der Waals surface area (Å²) in [6, 6.07) is 8.06. The molecule has 0 spiro atoms. The molecule has 2 rings (SSSR count). The van der Waals surface area contributed by atoms with Gasteiger partial charge in [-0.05, 0) is 13.0 Å². The molecule has 0 fully saturated rings. The second-order valence-corrected chi connectivity index (χ2v) is 6.65. The molecule has 5 nitrogen and oxygen atoms in total. The summed E-state index contributed by atoms with van der Waals surface area (Å²) in [6.07, 6.45) is -0.0491. The van der Waals surface area contributed by atoms with Gasteiger partial charge in [0.2, 0.25) is 10.5 Å². The Balaban J connectivity index is 2.12. The van der Waals surface area contributed by atoms with E-state index in [9.17, 15) is 8.42 Å². The van der Waals surface area contributed by atoms with E-state index in [0.717, 1.165) is 10.5 Å². The summed E-state index contributed by atoms with van der Waals surface area (Å²) >= 11 is 1.70. The van der Waals surface area contributed by atoms with Crippen LogP contribution in [0.3, 0.4) is 0 Å². The van der Waals surface area contributed by atoms with Gasteiger partial charge in [-0.1, -0.05) is 23.5 Å². The zero-order valence-corrected chi connectivity index (χ0v) is 12.4. The van der Waals surface area contributed by atoms with Crippen LogP contribution < -0.4 is 4.57 Å². The average Bonchev–Trinajstić information content (AvgIpc) is 2.60. The number of rotatable bonds is 5. The third kappa shape index (κ3) is 3.73. The van der Waals surface area contributed by atoms with Crippen LogP contribution in [0.4, 0.5) is 0 Å². The molecule has 1 aromatic carbocycles. The second-order valence-electron chi connectivity index (χ2n) is 4.36. The Morgan fingerprint density at radius 2 is 2.11 bits per heavy atom. The quantitative estimate of drug-likeness (QED) is 0.678. The van der Waals surface area contributed by atoms with Gasteiger partial charge in [-0.15, -0.1) is 0 Å². The average molecular weight is 302 g/mol. The lowest BCUT2D eigenvalue weighted by atomic mass is 10.2. The topological polar surface area (TPSA) is 67.5 Å². The summed E-state index contributed by atoms with van der Waals surface area (Å²) < 4.78 is 37.7. The standard InChI is InChI=1S/C12H15NO4S2/c1-9(17-19(14,15)16)7-8-13-10(2)18-12-6-4-3-5-11(12)13/h3-6,9H,7-8H2,1-2H3/p+1.